The molecule has 170 valence electrons. The van der Waals surface area contributed by atoms with Crippen LogP contribution in [0.1, 0.15) is 47.7 Å². The van der Waals surface area contributed by atoms with E-state index in [9.17, 15) is 19.7 Å². The third-order valence-electron chi connectivity index (χ3n) is 5.72. The summed E-state index contributed by atoms with van der Waals surface area (Å²) in [5.74, 6) is -1.84. The number of fused-ring (bicyclic) bond motifs is 2. The van der Waals surface area contributed by atoms with E-state index in [-0.39, 0.29) is 35.8 Å². The summed E-state index contributed by atoms with van der Waals surface area (Å²) in [6.07, 6.45) is 0.849. The minimum absolute atomic E-state index is 0.0410. The topological polar surface area (TPSA) is 108 Å². The van der Waals surface area contributed by atoms with E-state index in [2.05, 4.69) is 5.32 Å². The summed E-state index contributed by atoms with van der Waals surface area (Å²) >= 11 is 0. The maximum Gasteiger partial charge on any atom is 0.336 e. The molecule has 2 aromatic rings. The summed E-state index contributed by atoms with van der Waals surface area (Å²) in [6, 6.07) is 13.3. The second-order valence-electron chi connectivity index (χ2n) is 7.82. The predicted octanol–water partition coefficient (Wildman–Crippen LogP) is 4.13. The number of nitrogens with zero attached hydrogens (tertiary/aromatic N) is 1. The molecule has 1 aliphatic carbocycles. The lowest BCUT2D eigenvalue weighted by atomic mass is 9.79. The normalized spacial score (nSPS) is 16.9. The Kier molecular flexibility index (Phi) is 6.37. The number of hydrogen-bond donors (Lipinski definition) is 1. The molecule has 0 saturated heterocycles. The maximum absolute atomic E-state index is 13.4. The predicted molar refractivity (Wildman–Crippen MR) is 121 cm³/mol. The molecule has 1 heterocycles. The Bertz CT molecular complexity index is 1200. The number of nitro benzene ring substituents is 1. The molecule has 0 unspecified atom stereocenters. The molecule has 0 saturated carbocycles. The number of para-hydroxylation sites is 1. The second-order valence-corrected chi connectivity index (χ2v) is 7.82. The molecule has 0 radical (unpaired) electrons. The molecule has 1 aliphatic heterocycles. The van der Waals surface area contributed by atoms with Crippen LogP contribution in [0.5, 0.6) is 0 Å². The van der Waals surface area contributed by atoms with Crippen LogP contribution in [0.2, 0.25) is 0 Å². The van der Waals surface area contributed by atoms with E-state index in [1.807, 2.05) is 19.1 Å². The molecule has 0 aromatic heterocycles. The number of ketones is 1. The molecule has 2 aliphatic rings. The molecule has 8 heteroatoms. The first-order valence-corrected chi connectivity index (χ1v) is 10.8. The van der Waals surface area contributed by atoms with Crippen LogP contribution >= 0.6 is 0 Å². The molecule has 33 heavy (non-hydrogen) atoms. The summed E-state index contributed by atoms with van der Waals surface area (Å²) in [4.78, 5) is 38.0. The van der Waals surface area contributed by atoms with Crippen molar-refractivity contribution >= 4 is 23.1 Å². The number of carbonyl (C=O) groups is 2. The molecule has 0 fully saturated rings. The minimum atomic E-state index is -0.938. The van der Waals surface area contributed by atoms with Crippen LogP contribution < -0.4 is 5.32 Å². The quantitative estimate of drug-likeness (QED) is 0.280. The molecule has 4 rings (SSSR count). The molecule has 0 amide bonds. The van der Waals surface area contributed by atoms with E-state index >= 15 is 0 Å². The number of carbonyl (C=O) groups excluding carboxylic acids is 2. The lowest BCUT2D eigenvalue weighted by Crippen LogP contribution is -2.30. The zero-order valence-electron chi connectivity index (χ0n) is 18.4. The largest absolute Gasteiger partial charge is 0.460 e. The van der Waals surface area contributed by atoms with Crippen molar-refractivity contribution in [2.45, 2.75) is 26.2 Å². The van der Waals surface area contributed by atoms with Crippen LogP contribution in [0.3, 0.4) is 0 Å². The first kappa shape index (κ1) is 22.4. The van der Waals surface area contributed by atoms with E-state index < -0.39 is 16.8 Å². The first-order chi connectivity index (χ1) is 16.0. The maximum atomic E-state index is 13.4. The van der Waals surface area contributed by atoms with Crippen molar-refractivity contribution < 1.29 is 24.0 Å². The number of nitrogens with one attached hydrogen (secondary N) is 1. The molecule has 0 spiro atoms. The smallest absolute Gasteiger partial charge is 0.336 e. The van der Waals surface area contributed by atoms with E-state index in [4.69, 9.17) is 9.47 Å². The van der Waals surface area contributed by atoms with Crippen molar-refractivity contribution in [3.8, 4) is 0 Å². The van der Waals surface area contributed by atoms with Crippen LogP contribution in [-0.4, -0.2) is 36.5 Å². The average Bonchev–Trinajstić information content (AvgIpc) is 3.09. The summed E-state index contributed by atoms with van der Waals surface area (Å²) in [5.41, 5.74) is 2.86. The Morgan fingerprint density at radius 1 is 1.06 bits per heavy atom. The number of ether oxygens (including phenoxy) is 2. The fourth-order valence-electron chi connectivity index (χ4n) is 4.33. The Hall–Kier alpha value is -3.78. The van der Waals surface area contributed by atoms with Crippen LogP contribution in [0.25, 0.3) is 5.70 Å². The Morgan fingerprint density at radius 2 is 1.76 bits per heavy atom. The van der Waals surface area contributed by atoms with Gasteiger partial charge in [0.25, 0.3) is 5.69 Å². The summed E-state index contributed by atoms with van der Waals surface area (Å²) in [7, 11) is 0. The van der Waals surface area contributed by atoms with Gasteiger partial charge in [0.15, 0.2) is 5.78 Å². The van der Waals surface area contributed by atoms with Crippen molar-refractivity contribution in [2.75, 3.05) is 19.8 Å². The lowest BCUT2D eigenvalue weighted by Gasteiger charge is -2.29. The van der Waals surface area contributed by atoms with Gasteiger partial charge in [0, 0.05) is 40.6 Å². The van der Waals surface area contributed by atoms with Crippen LogP contribution in [0.4, 0.5) is 5.69 Å². The third-order valence-corrected chi connectivity index (χ3v) is 5.72. The highest BCUT2D eigenvalue weighted by molar-refractivity contribution is 6.23. The fourth-order valence-corrected chi connectivity index (χ4v) is 4.33. The monoisotopic (exact) mass is 448 g/mol. The molecular weight excluding hydrogens is 424 g/mol. The van der Waals surface area contributed by atoms with Gasteiger partial charge in [-0.05, 0) is 13.3 Å². The highest BCUT2D eigenvalue weighted by atomic mass is 16.6. The van der Waals surface area contributed by atoms with Gasteiger partial charge in [-0.1, -0.05) is 49.4 Å². The first-order valence-electron chi connectivity index (χ1n) is 10.8. The van der Waals surface area contributed by atoms with Crippen molar-refractivity contribution in [3.05, 3.63) is 92.2 Å². The van der Waals surface area contributed by atoms with Crippen molar-refractivity contribution in [1.82, 2.24) is 5.32 Å². The van der Waals surface area contributed by atoms with Gasteiger partial charge in [0.05, 0.1) is 28.7 Å². The van der Waals surface area contributed by atoms with Gasteiger partial charge in [-0.15, -0.1) is 0 Å². The van der Waals surface area contributed by atoms with E-state index in [0.717, 1.165) is 6.42 Å². The van der Waals surface area contributed by atoms with E-state index in [0.29, 0.717) is 34.7 Å². The van der Waals surface area contributed by atoms with Crippen LogP contribution in [-0.2, 0) is 14.3 Å². The zero-order chi connectivity index (χ0) is 23.5. The summed E-state index contributed by atoms with van der Waals surface area (Å²) < 4.78 is 10.8. The van der Waals surface area contributed by atoms with Crippen LogP contribution in [0.15, 0.2) is 65.4 Å². The third kappa shape index (κ3) is 4.05. The number of esters is 1. The second kappa shape index (κ2) is 9.38. The van der Waals surface area contributed by atoms with E-state index in [1.165, 1.54) is 6.07 Å². The van der Waals surface area contributed by atoms with Gasteiger partial charge in [-0.2, -0.15) is 0 Å². The minimum Gasteiger partial charge on any atom is -0.460 e. The van der Waals surface area contributed by atoms with Crippen LogP contribution in [0, 0.1) is 10.1 Å². The van der Waals surface area contributed by atoms with Crippen molar-refractivity contribution in [1.29, 1.82) is 0 Å². The number of rotatable bonds is 8. The van der Waals surface area contributed by atoms with Gasteiger partial charge in [-0.3, -0.25) is 14.9 Å². The SMILES string of the molecule is CCCOCCOC(=O)C1=C(C)NC2=C(C(=O)c3ccccc32)[C@H]1c1ccccc1[N+](=O)[O-]. The van der Waals surface area contributed by atoms with Crippen molar-refractivity contribution in [3.63, 3.8) is 0 Å². The van der Waals surface area contributed by atoms with Gasteiger partial charge in [0.2, 0.25) is 0 Å². The van der Waals surface area contributed by atoms with Crippen molar-refractivity contribution in [2.24, 2.45) is 0 Å². The van der Waals surface area contributed by atoms with Gasteiger partial charge >= 0.3 is 5.97 Å². The Labute approximate surface area is 191 Å². The molecule has 0 bridgehead atoms. The molecular formula is C25H24N2O6. The number of allylic oxidation sites excluding steroid dienone is 2. The standard InChI is InChI=1S/C25H24N2O6/c1-3-12-32-13-14-33-25(29)20-15(2)26-23-16-8-4-5-9-17(16)24(28)22(23)21(20)18-10-6-7-11-19(18)27(30)31/h4-11,21,26H,3,12-14H2,1-2H3/t21-/m0/s1. The fraction of sp³-hybridized carbons (Fsp3) is 0.280. The molecule has 2 aromatic carbocycles. The number of nitro groups is 1. The number of benzene rings is 2. The summed E-state index contributed by atoms with van der Waals surface area (Å²) in [6.45, 7) is 4.53. The Balaban J connectivity index is 1.79. The highest BCUT2D eigenvalue weighted by Crippen LogP contribution is 2.48. The average molecular weight is 448 g/mol. The van der Waals surface area contributed by atoms with Gasteiger partial charge in [0.1, 0.15) is 6.61 Å². The number of Topliss-reactive ketones (excluding diaryl/α,β-unsaturated/α-hetero) is 1. The van der Waals surface area contributed by atoms with Gasteiger partial charge in [-0.25, -0.2) is 4.79 Å². The zero-order valence-corrected chi connectivity index (χ0v) is 18.4. The summed E-state index contributed by atoms with van der Waals surface area (Å²) in [5, 5.41) is 15.0. The molecule has 1 atom stereocenters. The van der Waals surface area contributed by atoms with E-state index in [1.54, 1.807) is 37.3 Å². The number of hydrogen-bond acceptors (Lipinski definition) is 7. The Morgan fingerprint density at radius 3 is 2.48 bits per heavy atom. The lowest BCUT2D eigenvalue weighted by molar-refractivity contribution is -0.385. The number of dihydropyridines is 1. The van der Waals surface area contributed by atoms with Gasteiger partial charge < -0.3 is 14.8 Å². The molecule has 8 nitrogen and oxygen atoms in total. The highest BCUT2D eigenvalue weighted by Gasteiger charge is 2.44. The molecule has 1 N–H and O–H groups in total.